The molecule has 2 rings (SSSR count). The van der Waals surface area contributed by atoms with E-state index in [2.05, 4.69) is 9.78 Å². The summed E-state index contributed by atoms with van der Waals surface area (Å²) in [4.78, 5) is 9.09. The van der Waals surface area contributed by atoms with Crippen LogP contribution in [0.2, 0.25) is 0 Å². The molecular weight excluding hydrogens is 148 g/mol. The smallest absolute Gasteiger partial charge is 0.227 e. The molecule has 0 bridgehead atoms. The Balaban J connectivity index is 1.75. The van der Waals surface area contributed by atoms with Crippen molar-refractivity contribution in [2.45, 2.75) is 37.8 Å². The molecule has 0 spiro atoms. The lowest BCUT2D eigenvalue weighted by Gasteiger charge is -2.19. The highest BCUT2D eigenvalue weighted by Crippen LogP contribution is 2.30. The van der Waals surface area contributed by atoms with Crippen LogP contribution in [-0.2, 0) is 14.5 Å². The third-order valence-electron chi connectivity index (χ3n) is 1.91. The van der Waals surface area contributed by atoms with E-state index in [1.54, 1.807) is 6.92 Å². The minimum absolute atomic E-state index is 0.191. The third kappa shape index (κ3) is 2.41. The summed E-state index contributed by atoms with van der Waals surface area (Å²) in [5, 5.41) is 9.70. The van der Waals surface area contributed by atoms with E-state index in [9.17, 15) is 5.11 Å². The zero-order valence-corrected chi connectivity index (χ0v) is 6.45. The Hall–Kier alpha value is -0.160. The highest BCUT2D eigenvalue weighted by Gasteiger charge is 2.39. The molecule has 4 heteroatoms. The van der Waals surface area contributed by atoms with Crippen LogP contribution in [0.15, 0.2) is 0 Å². The fourth-order valence-corrected chi connectivity index (χ4v) is 1.23. The molecule has 0 aromatic heterocycles. The van der Waals surface area contributed by atoms with Crippen LogP contribution in [0.5, 0.6) is 0 Å². The molecule has 0 aromatic rings. The largest absolute Gasteiger partial charge is 0.390 e. The molecule has 0 saturated carbocycles. The number of rotatable bonds is 4. The molecule has 64 valence electrons. The van der Waals surface area contributed by atoms with Crippen LogP contribution >= 0.6 is 0 Å². The first kappa shape index (κ1) is 7.49. The summed E-state index contributed by atoms with van der Waals surface area (Å²) in [5.41, 5.74) is -0.706. The van der Waals surface area contributed by atoms with Crippen molar-refractivity contribution in [1.82, 2.24) is 0 Å². The minimum Gasteiger partial charge on any atom is -0.390 e. The molecule has 0 aromatic carbocycles. The van der Waals surface area contributed by atoms with E-state index >= 15 is 0 Å². The van der Waals surface area contributed by atoms with Crippen molar-refractivity contribution in [1.29, 1.82) is 0 Å². The summed E-state index contributed by atoms with van der Waals surface area (Å²) < 4.78 is 5.00. The maximum absolute atomic E-state index is 9.70. The maximum Gasteiger partial charge on any atom is 0.227 e. The van der Waals surface area contributed by atoms with Gasteiger partial charge in [0, 0.05) is 12.8 Å². The van der Waals surface area contributed by atoms with E-state index in [0.29, 0.717) is 12.8 Å². The first-order valence-electron chi connectivity index (χ1n) is 3.82. The predicted molar refractivity (Wildman–Crippen MR) is 35.6 cm³/mol. The average Bonchev–Trinajstić information content (AvgIpc) is 2.60. The van der Waals surface area contributed by atoms with Gasteiger partial charge in [0.05, 0.1) is 18.3 Å². The molecule has 11 heavy (non-hydrogen) atoms. The van der Waals surface area contributed by atoms with Crippen LogP contribution in [0, 0.1) is 0 Å². The summed E-state index contributed by atoms with van der Waals surface area (Å²) >= 11 is 0. The topological polar surface area (TPSA) is 57.8 Å². The van der Waals surface area contributed by atoms with Crippen LogP contribution in [-0.4, -0.2) is 29.7 Å². The van der Waals surface area contributed by atoms with Crippen molar-refractivity contribution in [3.05, 3.63) is 0 Å². The Morgan fingerprint density at radius 3 is 2.55 bits per heavy atom. The normalized spacial score (nSPS) is 34.9. The number of hydrogen-bond donors (Lipinski definition) is 1. The summed E-state index contributed by atoms with van der Waals surface area (Å²) in [7, 11) is 0. The van der Waals surface area contributed by atoms with Crippen molar-refractivity contribution < 1.29 is 19.6 Å². The minimum atomic E-state index is -0.706. The number of epoxide rings is 1. The summed E-state index contributed by atoms with van der Waals surface area (Å²) in [5.74, 6) is 0. The lowest BCUT2D eigenvalue weighted by molar-refractivity contribution is 0.0269. The Kier molecular flexibility index (Phi) is 1.64. The SMILES string of the molecule is CC(O)(CC1CO1)CC1OO1. The van der Waals surface area contributed by atoms with Gasteiger partial charge in [-0.25, -0.2) is 0 Å². The van der Waals surface area contributed by atoms with E-state index in [4.69, 9.17) is 4.74 Å². The van der Waals surface area contributed by atoms with Gasteiger partial charge in [0.2, 0.25) is 6.29 Å². The maximum atomic E-state index is 9.70. The van der Waals surface area contributed by atoms with Gasteiger partial charge in [0.25, 0.3) is 0 Å². The van der Waals surface area contributed by atoms with Crippen LogP contribution < -0.4 is 0 Å². The number of aliphatic hydroxyl groups is 1. The van der Waals surface area contributed by atoms with Gasteiger partial charge in [-0.1, -0.05) is 0 Å². The van der Waals surface area contributed by atoms with Gasteiger partial charge < -0.3 is 9.84 Å². The Bertz CT molecular complexity index is 133. The van der Waals surface area contributed by atoms with Gasteiger partial charge in [0.1, 0.15) is 0 Å². The molecule has 2 heterocycles. The van der Waals surface area contributed by atoms with Crippen LogP contribution in [0.4, 0.5) is 0 Å². The molecule has 2 aliphatic heterocycles. The van der Waals surface area contributed by atoms with E-state index < -0.39 is 5.60 Å². The summed E-state index contributed by atoms with van der Waals surface area (Å²) in [6, 6.07) is 0. The number of hydrogen-bond acceptors (Lipinski definition) is 4. The average molecular weight is 160 g/mol. The zero-order chi connectivity index (χ0) is 7.90. The second-order valence-corrected chi connectivity index (χ2v) is 3.48. The van der Waals surface area contributed by atoms with Crippen molar-refractivity contribution in [2.75, 3.05) is 6.61 Å². The highest BCUT2D eigenvalue weighted by atomic mass is 17.4. The van der Waals surface area contributed by atoms with Crippen molar-refractivity contribution in [2.24, 2.45) is 0 Å². The highest BCUT2D eigenvalue weighted by molar-refractivity contribution is 4.83. The predicted octanol–water partition coefficient (Wildman–Crippen LogP) is 0.204. The van der Waals surface area contributed by atoms with Crippen LogP contribution in [0.25, 0.3) is 0 Å². The number of ether oxygens (including phenoxy) is 1. The molecule has 2 aliphatic rings. The fraction of sp³-hybridized carbons (Fsp3) is 1.00. The summed E-state index contributed by atoms with van der Waals surface area (Å²) in [6.07, 6.45) is 1.27. The van der Waals surface area contributed by atoms with E-state index in [1.807, 2.05) is 0 Å². The zero-order valence-electron chi connectivity index (χ0n) is 6.45. The van der Waals surface area contributed by atoms with E-state index in [-0.39, 0.29) is 12.4 Å². The molecule has 2 unspecified atom stereocenters. The molecule has 2 saturated heterocycles. The Morgan fingerprint density at radius 2 is 2.09 bits per heavy atom. The third-order valence-corrected chi connectivity index (χ3v) is 1.91. The van der Waals surface area contributed by atoms with Crippen LogP contribution in [0.3, 0.4) is 0 Å². The van der Waals surface area contributed by atoms with Gasteiger partial charge in [-0.15, -0.1) is 0 Å². The van der Waals surface area contributed by atoms with Crippen LogP contribution in [0.1, 0.15) is 19.8 Å². The molecule has 0 amide bonds. The first-order chi connectivity index (χ1) is 5.16. The van der Waals surface area contributed by atoms with Gasteiger partial charge in [-0.05, 0) is 6.92 Å². The lowest BCUT2D eigenvalue weighted by Crippen LogP contribution is -2.28. The monoisotopic (exact) mass is 160 g/mol. The molecule has 1 N–H and O–H groups in total. The van der Waals surface area contributed by atoms with E-state index in [1.165, 1.54) is 0 Å². The van der Waals surface area contributed by atoms with Crippen molar-refractivity contribution in [3.63, 3.8) is 0 Å². The Morgan fingerprint density at radius 1 is 1.45 bits per heavy atom. The van der Waals surface area contributed by atoms with Gasteiger partial charge in [0.15, 0.2) is 0 Å². The lowest BCUT2D eigenvalue weighted by atomic mass is 9.96. The van der Waals surface area contributed by atoms with E-state index in [0.717, 1.165) is 6.61 Å². The quantitative estimate of drug-likeness (QED) is 0.471. The molecule has 0 aliphatic carbocycles. The van der Waals surface area contributed by atoms with Gasteiger partial charge >= 0.3 is 0 Å². The molecule has 4 nitrogen and oxygen atoms in total. The van der Waals surface area contributed by atoms with Crippen molar-refractivity contribution >= 4 is 0 Å². The molecular formula is C7H12O4. The van der Waals surface area contributed by atoms with Crippen molar-refractivity contribution in [3.8, 4) is 0 Å². The Labute approximate surface area is 65.0 Å². The molecule has 2 fully saturated rings. The first-order valence-corrected chi connectivity index (χ1v) is 3.82. The second kappa shape index (κ2) is 2.42. The fourth-order valence-electron chi connectivity index (χ4n) is 1.23. The second-order valence-electron chi connectivity index (χ2n) is 3.48. The van der Waals surface area contributed by atoms with Gasteiger partial charge in [-0.2, -0.15) is 9.78 Å². The molecule has 2 atom stereocenters. The molecule has 0 radical (unpaired) electrons. The summed E-state index contributed by atoms with van der Waals surface area (Å²) in [6.45, 7) is 2.56. The van der Waals surface area contributed by atoms with Gasteiger partial charge in [-0.3, -0.25) is 0 Å². The standard InChI is InChI=1S/C7H12O4/c1-7(8,2-5-4-9-5)3-6-10-11-6/h5-6,8H,2-4H2,1H3.